The summed E-state index contributed by atoms with van der Waals surface area (Å²) < 4.78 is 1.86. The molecule has 1 aliphatic rings. The molecule has 0 spiro atoms. The third-order valence-corrected chi connectivity index (χ3v) is 2.64. The van der Waals surface area contributed by atoms with Crippen molar-refractivity contribution in [2.75, 3.05) is 5.32 Å². The molecule has 2 aromatic heterocycles. The van der Waals surface area contributed by atoms with Crippen molar-refractivity contribution >= 4 is 11.5 Å². The highest BCUT2D eigenvalue weighted by Gasteiger charge is 2.37. The molecule has 0 atom stereocenters. The van der Waals surface area contributed by atoms with E-state index in [0.29, 0.717) is 0 Å². The average molecular weight is 189 g/mol. The molecule has 1 N–H and O–H groups in total. The maximum Gasteiger partial charge on any atom is 0.203 e. The van der Waals surface area contributed by atoms with Gasteiger partial charge >= 0.3 is 0 Å². The molecule has 0 bridgehead atoms. The maximum atomic E-state index is 4.27. The largest absolute Gasteiger partial charge is 0.362 e. The summed E-state index contributed by atoms with van der Waals surface area (Å²) in [4.78, 5) is 4.27. The molecule has 5 heteroatoms. The summed E-state index contributed by atoms with van der Waals surface area (Å²) in [6.45, 7) is 2.19. The first-order valence-electron chi connectivity index (χ1n) is 4.69. The number of hydrogen-bond donors (Lipinski definition) is 1. The normalized spacial score (nSPS) is 18.4. The van der Waals surface area contributed by atoms with Crippen LogP contribution in [0.25, 0.3) is 5.65 Å². The Balaban J connectivity index is 2.06. The Labute approximate surface area is 81.2 Å². The molecule has 1 fully saturated rings. The van der Waals surface area contributed by atoms with Crippen LogP contribution < -0.4 is 5.32 Å². The van der Waals surface area contributed by atoms with Gasteiger partial charge in [0.05, 0.1) is 0 Å². The van der Waals surface area contributed by atoms with Crippen molar-refractivity contribution in [1.29, 1.82) is 0 Å². The quantitative estimate of drug-likeness (QED) is 0.768. The van der Waals surface area contributed by atoms with E-state index in [4.69, 9.17) is 0 Å². The second kappa shape index (κ2) is 2.43. The molecule has 0 aliphatic heterocycles. The van der Waals surface area contributed by atoms with Crippen molar-refractivity contribution in [3.8, 4) is 0 Å². The number of aromatic nitrogens is 4. The summed E-state index contributed by atoms with van der Waals surface area (Å²) in [5.74, 6) is 0.824. The van der Waals surface area contributed by atoms with Crippen LogP contribution in [-0.4, -0.2) is 25.1 Å². The highest BCUT2D eigenvalue weighted by atomic mass is 15.3. The van der Waals surface area contributed by atoms with Crippen molar-refractivity contribution in [2.45, 2.75) is 25.3 Å². The molecule has 72 valence electrons. The summed E-state index contributed by atoms with van der Waals surface area (Å²) in [7, 11) is 0. The summed E-state index contributed by atoms with van der Waals surface area (Å²) >= 11 is 0. The van der Waals surface area contributed by atoms with E-state index < -0.39 is 0 Å². The molecule has 3 rings (SSSR count). The van der Waals surface area contributed by atoms with Crippen molar-refractivity contribution < 1.29 is 0 Å². The van der Waals surface area contributed by atoms with E-state index in [0.717, 1.165) is 11.5 Å². The Bertz CT molecular complexity index is 471. The van der Waals surface area contributed by atoms with Crippen LogP contribution in [0.2, 0.25) is 0 Å². The van der Waals surface area contributed by atoms with E-state index in [2.05, 4.69) is 27.4 Å². The van der Waals surface area contributed by atoms with Gasteiger partial charge in [0.1, 0.15) is 6.33 Å². The maximum absolute atomic E-state index is 4.27. The molecule has 0 unspecified atom stereocenters. The average Bonchev–Trinajstić information content (AvgIpc) is 2.73. The fourth-order valence-electron chi connectivity index (χ4n) is 1.45. The minimum atomic E-state index is 0.223. The fourth-order valence-corrected chi connectivity index (χ4v) is 1.45. The Kier molecular flexibility index (Phi) is 1.34. The molecular weight excluding hydrogens is 178 g/mol. The second-order valence-electron chi connectivity index (χ2n) is 4.02. The molecular formula is C9H11N5. The van der Waals surface area contributed by atoms with Gasteiger partial charge in [-0.25, -0.2) is 4.98 Å². The predicted octanol–water partition coefficient (Wildman–Crippen LogP) is 1.09. The number of rotatable bonds is 2. The van der Waals surface area contributed by atoms with Crippen LogP contribution in [-0.2, 0) is 0 Å². The van der Waals surface area contributed by atoms with Gasteiger partial charge in [0.25, 0.3) is 0 Å². The lowest BCUT2D eigenvalue weighted by Crippen LogP contribution is -2.17. The highest BCUT2D eigenvalue weighted by Crippen LogP contribution is 2.38. The van der Waals surface area contributed by atoms with Crippen LogP contribution >= 0.6 is 0 Å². The number of anilines is 1. The minimum absolute atomic E-state index is 0.223. The fraction of sp³-hybridized carbons (Fsp3) is 0.444. The number of nitrogens with zero attached hydrogens (tertiary/aromatic N) is 4. The lowest BCUT2D eigenvalue weighted by molar-refractivity contribution is 0.819. The van der Waals surface area contributed by atoms with Gasteiger partial charge in [0, 0.05) is 17.9 Å². The van der Waals surface area contributed by atoms with Crippen molar-refractivity contribution in [3.05, 3.63) is 18.7 Å². The summed E-state index contributed by atoms with van der Waals surface area (Å²) in [6, 6.07) is 0. The van der Waals surface area contributed by atoms with Crippen LogP contribution in [0.15, 0.2) is 18.7 Å². The summed E-state index contributed by atoms with van der Waals surface area (Å²) in [5, 5.41) is 11.3. The Morgan fingerprint density at radius 2 is 2.36 bits per heavy atom. The lowest BCUT2D eigenvalue weighted by atomic mass is 10.3. The summed E-state index contributed by atoms with van der Waals surface area (Å²) in [6.07, 6.45) is 7.67. The monoisotopic (exact) mass is 189 g/mol. The number of nitrogens with one attached hydrogen (secondary N) is 1. The molecule has 5 nitrogen and oxygen atoms in total. The van der Waals surface area contributed by atoms with Crippen LogP contribution in [0.5, 0.6) is 0 Å². The Morgan fingerprint density at radius 1 is 1.50 bits per heavy atom. The van der Waals surface area contributed by atoms with E-state index in [1.54, 1.807) is 12.5 Å². The second-order valence-corrected chi connectivity index (χ2v) is 4.02. The molecule has 0 saturated heterocycles. The van der Waals surface area contributed by atoms with Crippen molar-refractivity contribution in [3.63, 3.8) is 0 Å². The third-order valence-electron chi connectivity index (χ3n) is 2.64. The first-order chi connectivity index (χ1) is 6.77. The Hall–Kier alpha value is -1.65. The molecule has 0 radical (unpaired) electrons. The zero-order valence-corrected chi connectivity index (χ0v) is 7.94. The van der Waals surface area contributed by atoms with Crippen LogP contribution in [0.1, 0.15) is 19.8 Å². The molecule has 2 aromatic rings. The molecule has 2 heterocycles. The summed E-state index contributed by atoms with van der Waals surface area (Å²) in [5.41, 5.74) is 1.02. The molecule has 0 amide bonds. The van der Waals surface area contributed by atoms with E-state index in [-0.39, 0.29) is 5.54 Å². The van der Waals surface area contributed by atoms with Gasteiger partial charge in [0.15, 0.2) is 5.82 Å². The van der Waals surface area contributed by atoms with E-state index in [9.17, 15) is 0 Å². The number of fused-ring (bicyclic) bond motifs is 1. The van der Waals surface area contributed by atoms with Crippen LogP contribution in [0, 0.1) is 0 Å². The van der Waals surface area contributed by atoms with Crippen molar-refractivity contribution in [2.24, 2.45) is 0 Å². The van der Waals surface area contributed by atoms with Gasteiger partial charge in [-0.3, -0.25) is 4.40 Å². The van der Waals surface area contributed by atoms with Gasteiger partial charge in [-0.05, 0) is 19.8 Å². The zero-order chi connectivity index (χ0) is 9.60. The molecule has 1 saturated carbocycles. The van der Waals surface area contributed by atoms with Crippen molar-refractivity contribution in [1.82, 2.24) is 19.6 Å². The zero-order valence-electron chi connectivity index (χ0n) is 7.94. The Morgan fingerprint density at radius 3 is 3.14 bits per heavy atom. The lowest BCUT2D eigenvalue weighted by Gasteiger charge is -2.11. The smallest absolute Gasteiger partial charge is 0.203 e. The first-order valence-corrected chi connectivity index (χ1v) is 4.69. The van der Waals surface area contributed by atoms with Gasteiger partial charge in [0.2, 0.25) is 5.65 Å². The standard InChI is InChI=1S/C9H11N5/c1-9(2-3-9)12-7-8-13-11-6-14(8)5-4-10-7/h4-6H,2-3H2,1H3,(H,10,12). The van der Waals surface area contributed by atoms with E-state index >= 15 is 0 Å². The van der Waals surface area contributed by atoms with E-state index in [1.165, 1.54) is 12.8 Å². The minimum Gasteiger partial charge on any atom is -0.362 e. The first kappa shape index (κ1) is 7.73. The molecule has 1 aliphatic carbocycles. The third kappa shape index (κ3) is 1.13. The van der Waals surface area contributed by atoms with E-state index in [1.807, 2.05) is 10.6 Å². The van der Waals surface area contributed by atoms with Gasteiger partial charge in [-0.1, -0.05) is 0 Å². The van der Waals surface area contributed by atoms with Gasteiger partial charge < -0.3 is 5.32 Å². The topological polar surface area (TPSA) is 55.1 Å². The number of hydrogen-bond acceptors (Lipinski definition) is 4. The van der Waals surface area contributed by atoms with Gasteiger partial charge in [-0.15, -0.1) is 10.2 Å². The predicted molar refractivity (Wildman–Crippen MR) is 52.0 cm³/mol. The van der Waals surface area contributed by atoms with Crippen LogP contribution in [0.4, 0.5) is 5.82 Å². The SMILES string of the molecule is CC1(Nc2nccn3cnnc23)CC1. The van der Waals surface area contributed by atoms with Gasteiger partial charge in [-0.2, -0.15) is 0 Å². The van der Waals surface area contributed by atoms with Crippen LogP contribution in [0.3, 0.4) is 0 Å². The molecule has 0 aromatic carbocycles. The highest BCUT2D eigenvalue weighted by molar-refractivity contribution is 5.63. The molecule has 14 heavy (non-hydrogen) atoms.